The zero-order valence-corrected chi connectivity index (χ0v) is 15.5. The quantitative estimate of drug-likeness (QED) is 0.824. The van der Waals surface area contributed by atoms with Gasteiger partial charge in [0.15, 0.2) is 6.61 Å². The van der Waals surface area contributed by atoms with Gasteiger partial charge in [0.2, 0.25) is 5.91 Å². The molecular formula is C19H19BrN2O3. The summed E-state index contributed by atoms with van der Waals surface area (Å²) in [6.07, 6.45) is 1.45. The second-order valence-electron chi connectivity index (χ2n) is 5.97. The first-order valence-corrected chi connectivity index (χ1v) is 8.91. The SMILES string of the molecule is Cc1ccc(OCC(=O)Nc2cccc(N3CCCC3=O)c2)c(Br)c1. The molecule has 1 aliphatic rings. The van der Waals surface area contributed by atoms with E-state index in [1.165, 1.54) is 0 Å². The first kappa shape index (κ1) is 17.5. The van der Waals surface area contributed by atoms with Gasteiger partial charge in [-0.15, -0.1) is 0 Å². The molecule has 2 aromatic rings. The number of aryl methyl sites for hydroxylation is 1. The molecular weight excluding hydrogens is 384 g/mol. The molecule has 1 N–H and O–H groups in total. The van der Waals surface area contributed by atoms with Crippen molar-refractivity contribution in [1.82, 2.24) is 0 Å². The predicted molar refractivity (Wildman–Crippen MR) is 101 cm³/mol. The van der Waals surface area contributed by atoms with Crippen LogP contribution in [0.15, 0.2) is 46.9 Å². The molecule has 1 saturated heterocycles. The Morgan fingerprint density at radius 3 is 2.84 bits per heavy atom. The van der Waals surface area contributed by atoms with Crippen molar-refractivity contribution < 1.29 is 14.3 Å². The number of carbonyl (C=O) groups is 2. The van der Waals surface area contributed by atoms with Crippen molar-refractivity contribution in [2.45, 2.75) is 19.8 Å². The number of hydrogen-bond acceptors (Lipinski definition) is 3. The van der Waals surface area contributed by atoms with E-state index in [4.69, 9.17) is 4.74 Å². The zero-order valence-electron chi connectivity index (χ0n) is 13.9. The van der Waals surface area contributed by atoms with Gasteiger partial charge < -0.3 is 15.0 Å². The lowest BCUT2D eigenvalue weighted by molar-refractivity contribution is -0.118. The van der Waals surface area contributed by atoms with Gasteiger partial charge in [-0.05, 0) is 65.2 Å². The van der Waals surface area contributed by atoms with Crippen LogP contribution in [-0.2, 0) is 9.59 Å². The van der Waals surface area contributed by atoms with Crippen molar-refractivity contribution in [1.29, 1.82) is 0 Å². The minimum atomic E-state index is -0.252. The van der Waals surface area contributed by atoms with E-state index in [9.17, 15) is 9.59 Å². The Balaban J connectivity index is 1.60. The maximum Gasteiger partial charge on any atom is 0.262 e. The molecule has 25 heavy (non-hydrogen) atoms. The summed E-state index contributed by atoms with van der Waals surface area (Å²) in [6, 6.07) is 13.0. The Morgan fingerprint density at radius 1 is 1.28 bits per heavy atom. The molecule has 1 heterocycles. The van der Waals surface area contributed by atoms with Crippen LogP contribution in [0.3, 0.4) is 0 Å². The van der Waals surface area contributed by atoms with Gasteiger partial charge >= 0.3 is 0 Å². The van der Waals surface area contributed by atoms with Gasteiger partial charge in [-0.25, -0.2) is 0 Å². The summed E-state index contributed by atoms with van der Waals surface area (Å²) < 4.78 is 6.36. The highest BCUT2D eigenvalue weighted by Crippen LogP contribution is 2.26. The minimum Gasteiger partial charge on any atom is -0.483 e. The summed E-state index contributed by atoms with van der Waals surface area (Å²) in [5.41, 5.74) is 2.56. The van der Waals surface area contributed by atoms with Crippen LogP contribution in [0.25, 0.3) is 0 Å². The van der Waals surface area contributed by atoms with Gasteiger partial charge in [-0.1, -0.05) is 12.1 Å². The van der Waals surface area contributed by atoms with Gasteiger partial charge in [0.25, 0.3) is 5.91 Å². The average Bonchev–Trinajstić information content (AvgIpc) is 3.00. The van der Waals surface area contributed by atoms with Gasteiger partial charge in [0.1, 0.15) is 5.75 Å². The molecule has 2 amide bonds. The molecule has 1 fully saturated rings. The Morgan fingerprint density at radius 2 is 2.12 bits per heavy atom. The lowest BCUT2D eigenvalue weighted by Crippen LogP contribution is -2.24. The van der Waals surface area contributed by atoms with Crippen molar-refractivity contribution >= 4 is 39.1 Å². The van der Waals surface area contributed by atoms with Gasteiger partial charge in [-0.3, -0.25) is 9.59 Å². The number of nitrogens with one attached hydrogen (secondary N) is 1. The van der Waals surface area contributed by atoms with Crippen LogP contribution in [0, 0.1) is 6.92 Å². The number of nitrogens with zero attached hydrogens (tertiary/aromatic N) is 1. The smallest absolute Gasteiger partial charge is 0.262 e. The molecule has 130 valence electrons. The third-order valence-corrected chi connectivity index (χ3v) is 4.58. The third-order valence-electron chi connectivity index (χ3n) is 3.96. The lowest BCUT2D eigenvalue weighted by Gasteiger charge is -2.17. The Hall–Kier alpha value is -2.34. The van der Waals surface area contributed by atoms with Gasteiger partial charge in [-0.2, -0.15) is 0 Å². The molecule has 0 unspecified atom stereocenters. The summed E-state index contributed by atoms with van der Waals surface area (Å²) in [4.78, 5) is 25.7. The zero-order chi connectivity index (χ0) is 17.8. The second kappa shape index (κ2) is 7.70. The fraction of sp³-hybridized carbons (Fsp3) is 0.263. The fourth-order valence-electron chi connectivity index (χ4n) is 2.74. The molecule has 5 nitrogen and oxygen atoms in total. The maximum atomic E-state index is 12.1. The highest BCUT2D eigenvalue weighted by atomic mass is 79.9. The summed E-state index contributed by atoms with van der Waals surface area (Å²) in [5.74, 6) is 0.491. The van der Waals surface area contributed by atoms with Crippen molar-refractivity contribution in [3.63, 3.8) is 0 Å². The van der Waals surface area contributed by atoms with Crippen LogP contribution >= 0.6 is 15.9 Å². The normalized spacial score (nSPS) is 13.8. The van der Waals surface area contributed by atoms with Crippen LogP contribution in [0.1, 0.15) is 18.4 Å². The third kappa shape index (κ3) is 4.39. The summed E-state index contributed by atoms with van der Waals surface area (Å²) in [6.45, 7) is 2.62. The number of hydrogen-bond donors (Lipinski definition) is 1. The molecule has 6 heteroatoms. The van der Waals surface area contributed by atoms with Crippen molar-refractivity contribution in [2.75, 3.05) is 23.4 Å². The van der Waals surface area contributed by atoms with Gasteiger partial charge in [0.05, 0.1) is 4.47 Å². The number of carbonyl (C=O) groups excluding carboxylic acids is 2. The Kier molecular flexibility index (Phi) is 5.38. The number of ether oxygens (including phenoxy) is 1. The first-order valence-electron chi connectivity index (χ1n) is 8.12. The van der Waals surface area contributed by atoms with E-state index < -0.39 is 0 Å². The number of benzene rings is 2. The second-order valence-corrected chi connectivity index (χ2v) is 6.82. The summed E-state index contributed by atoms with van der Waals surface area (Å²) >= 11 is 3.42. The van der Waals surface area contributed by atoms with E-state index in [1.54, 1.807) is 11.0 Å². The van der Waals surface area contributed by atoms with E-state index >= 15 is 0 Å². The standard InChI is InChI=1S/C19H19BrN2O3/c1-13-7-8-17(16(20)10-13)25-12-18(23)21-14-4-2-5-15(11-14)22-9-3-6-19(22)24/h2,4-5,7-8,10-11H,3,6,9,12H2,1H3,(H,21,23). The van der Waals surface area contributed by atoms with E-state index in [0.717, 1.165) is 28.7 Å². The number of halogens is 1. The molecule has 0 bridgehead atoms. The predicted octanol–water partition coefficient (Wildman–Crippen LogP) is 3.90. The van der Waals surface area contributed by atoms with Gasteiger partial charge in [0, 0.05) is 24.3 Å². The van der Waals surface area contributed by atoms with E-state index in [-0.39, 0.29) is 18.4 Å². The molecule has 0 aliphatic carbocycles. The van der Waals surface area contributed by atoms with Crippen molar-refractivity contribution in [3.8, 4) is 5.75 Å². The average molecular weight is 403 g/mol. The number of rotatable bonds is 5. The Bertz CT molecular complexity index is 807. The Labute approximate surface area is 155 Å². The van der Waals surface area contributed by atoms with Crippen LogP contribution in [0.5, 0.6) is 5.75 Å². The van der Waals surface area contributed by atoms with Crippen LogP contribution in [-0.4, -0.2) is 25.0 Å². The number of amides is 2. The summed E-state index contributed by atoms with van der Waals surface area (Å²) in [7, 11) is 0. The largest absolute Gasteiger partial charge is 0.483 e. The van der Waals surface area contributed by atoms with Crippen LogP contribution in [0.4, 0.5) is 11.4 Å². The minimum absolute atomic E-state index is 0.0888. The fourth-order valence-corrected chi connectivity index (χ4v) is 3.34. The highest BCUT2D eigenvalue weighted by Gasteiger charge is 2.21. The molecule has 2 aromatic carbocycles. The summed E-state index contributed by atoms with van der Waals surface area (Å²) in [5, 5.41) is 2.80. The lowest BCUT2D eigenvalue weighted by atomic mass is 10.2. The monoisotopic (exact) mass is 402 g/mol. The van der Waals surface area contributed by atoms with Crippen molar-refractivity contribution in [3.05, 3.63) is 52.5 Å². The number of anilines is 2. The van der Waals surface area contributed by atoms with Crippen LogP contribution < -0.4 is 15.0 Å². The topological polar surface area (TPSA) is 58.6 Å². The molecule has 0 radical (unpaired) electrons. The van der Waals surface area contributed by atoms with E-state index in [0.29, 0.717) is 17.9 Å². The first-order chi connectivity index (χ1) is 12.0. The molecule has 0 atom stereocenters. The van der Waals surface area contributed by atoms with Crippen LogP contribution in [0.2, 0.25) is 0 Å². The molecule has 0 saturated carbocycles. The van der Waals surface area contributed by atoms with E-state index in [1.807, 2.05) is 43.3 Å². The maximum absolute atomic E-state index is 12.1. The van der Waals surface area contributed by atoms with E-state index in [2.05, 4.69) is 21.2 Å². The van der Waals surface area contributed by atoms with Crippen molar-refractivity contribution in [2.24, 2.45) is 0 Å². The molecule has 0 spiro atoms. The molecule has 3 rings (SSSR count). The molecule has 1 aliphatic heterocycles. The molecule has 0 aromatic heterocycles. The highest BCUT2D eigenvalue weighted by molar-refractivity contribution is 9.10.